The summed E-state index contributed by atoms with van der Waals surface area (Å²) in [5.41, 5.74) is 0.721. The predicted octanol–water partition coefficient (Wildman–Crippen LogP) is 1.10. The number of amides is 3. The summed E-state index contributed by atoms with van der Waals surface area (Å²) in [6.07, 6.45) is 1.02. The van der Waals surface area contributed by atoms with Crippen molar-refractivity contribution < 1.29 is 22.7 Å². The minimum absolute atomic E-state index is 0.0951. The fourth-order valence-corrected chi connectivity index (χ4v) is 2.47. The highest BCUT2D eigenvalue weighted by Gasteiger charge is 2.17. The monoisotopic (exact) mass is 372 g/mol. The lowest BCUT2D eigenvalue weighted by Crippen LogP contribution is -2.47. The topological polar surface area (TPSA) is 126 Å². The number of hydrogen-bond donors (Lipinski definition) is 4. The Kier molecular flexibility index (Phi) is 7.04. The highest BCUT2D eigenvalue weighted by Crippen LogP contribution is 2.28. The number of carbonyl (C=O) groups excluding carboxylic acids is 2. The van der Waals surface area contributed by atoms with Crippen molar-refractivity contribution >= 4 is 33.3 Å². The fourth-order valence-electron chi connectivity index (χ4n) is 1.91. The minimum atomic E-state index is -3.49. The standard InChI is InChI=1S/C15H24N4O5S/c1-9(2)16-15(21)18-14(20)10(3)17-11-6-7-13(24-4)12(8-11)19-25(5,22)23/h6-10,17,19H,1-5H3,(H2,16,18,20,21)/t10-/m0/s1. The van der Waals surface area contributed by atoms with Crippen LogP contribution < -0.4 is 25.4 Å². The van der Waals surface area contributed by atoms with E-state index >= 15 is 0 Å². The Labute approximate surface area is 147 Å². The molecule has 0 radical (unpaired) electrons. The molecule has 1 aromatic carbocycles. The van der Waals surface area contributed by atoms with Crippen LogP contribution in [0, 0.1) is 0 Å². The summed E-state index contributed by atoms with van der Waals surface area (Å²) in [6, 6.07) is 3.29. The van der Waals surface area contributed by atoms with Crippen LogP contribution >= 0.6 is 0 Å². The smallest absolute Gasteiger partial charge is 0.321 e. The Hall–Kier alpha value is -2.49. The average Bonchev–Trinajstić information content (AvgIpc) is 2.44. The molecule has 25 heavy (non-hydrogen) atoms. The zero-order valence-corrected chi connectivity index (χ0v) is 15.7. The van der Waals surface area contributed by atoms with E-state index in [-0.39, 0.29) is 11.7 Å². The zero-order valence-electron chi connectivity index (χ0n) is 14.8. The van der Waals surface area contributed by atoms with Gasteiger partial charge in [0.25, 0.3) is 0 Å². The Balaban J connectivity index is 2.83. The fraction of sp³-hybridized carbons (Fsp3) is 0.467. The van der Waals surface area contributed by atoms with Crippen LogP contribution in [0.15, 0.2) is 18.2 Å². The number of hydrogen-bond acceptors (Lipinski definition) is 6. The van der Waals surface area contributed by atoms with Crippen molar-refractivity contribution in [2.75, 3.05) is 23.4 Å². The summed E-state index contributed by atoms with van der Waals surface area (Å²) >= 11 is 0. The van der Waals surface area contributed by atoms with E-state index in [1.165, 1.54) is 13.2 Å². The van der Waals surface area contributed by atoms with Gasteiger partial charge in [0.1, 0.15) is 11.8 Å². The third-order valence-electron chi connectivity index (χ3n) is 2.93. The van der Waals surface area contributed by atoms with Crippen LogP contribution in [-0.4, -0.2) is 45.8 Å². The summed E-state index contributed by atoms with van der Waals surface area (Å²) < 4.78 is 30.3. The van der Waals surface area contributed by atoms with Gasteiger partial charge in [-0.3, -0.25) is 14.8 Å². The van der Waals surface area contributed by atoms with Gasteiger partial charge in [0, 0.05) is 11.7 Å². The van der Waals surface area contributed by atoms with E-state index in [0.717, 1.165) is 6.26 Å². The van der Waals surface area contributed by atoms with Gasteiger partial charge < -0.3 is 15.4 Å². The van der Waals surface area contributed by atoms with Gasteiger partial charge in [-0.05, 0) is 39.0 Å². The second kappa shape index (κ2) is 8.56. The first-order valence-corrected chi connectivity index (χ1v) is 9.44. The maximum Gasteiger partial charge on any atom is 0.321 e. The molecule has 4 N–H and O–H groups in total. The van der Waals surface area contributed by atoms with Crippen molar-refractivity contribution in [1.29, 1.82) is 0 Å². The molecule has 3 amide bonds. The van der Waals surface area contributed by atoms with Crippen molar-refractivity contribution in [3.63, 3.8) is 0 Å². The lowest BCUT2D eigenvalue weighted by Gasteiger charge is -2.17. The molecule has 140 valence electrons. The molecule has 0 spiro atoms. The molecule has 0 unspecified atom stereocenters. The van der Waals surface area contributed by atoms with E-state index in [4.69, 9.17) is 4.74 Å². The van der Waals surface area contributed by atoms with Crippen molar-refractivity contribution in [1.82, 2.24) is 10.6 Å². The predicted molar refractivity (Wildman–Crippen MR) is 96.4 cm³/mol. The van der Waals surface area contributed by atoms with Gasteiger partial charge in [-0.15, -0.1) is 0 Å². The summed E-state index contributed by atoms with van der Waals surface area (Å²) in [5.74, 6) is -0.184. The van der Waals surface area contributed by atoms with Crippen LogP contribution in [-0.2, 0) is 14.8 Å². The van der Waals surface area contributed by atoms with Gasteiger partial charge in [-0.2, -0.15) is 0 Å². The number of rotatable bonds is 7. The second-order valence-electron chi connectivity index (χ2n) is 5.77. The molecule has 1 atom stereocenters. The molecule has 1 aromatic rings. The first-order chi connectivity index (χ1) is 11.5. The molecule has 0 aliphatic heterocycles. The minimum Gasteiger partial charge on any atom is -0.495 e. The van der Waals surface area contributed by atoms with E-state index < -0.39 is 28.0 Å². The molecule has 9 nitrogen and oxygen atoms in total. The third-order valence-corrected chi connectivity index (χ3v) is 3.52. The number of benzene rings is 1. The molecular weight excluding hydrogens is 348 g/mol. The largest absolute Gasteiger partial charge is 0.495 e. The lowest BCUT2D eigenvalue weighted by molar-refractivity contribution is -0.120. The van der Waals surface area contributed by atoms with Crippen LogP contribution in [0.2, 0.25) is 0 Å². The van der Waals surface area contributed by atoms with Gasteiger partial charge in [0.15, 0.2) is 0 Å². The lowest BCUT2D eigenvalue weighted by atomic mass is 10.2. The van der Waals surface area contributed by atoms with Crippen LogP contribution in [0.1, 0.15) is 20.8 Å². The van der Waals surface area contributed by atoms with Crippen LogP contribution in [0.3, 0.4) is 0 Å². The average molecular weight is 372 g/mol. The zero-order chi connectivity index (χ0) is 19.2. The van der Waals surface area contributed by atoms with E-state index in [1.54, 1.807) is 32.9 Å². The van der Waals surface area contributed by atoms with Gasteiger partial charge in [0.2, 0.25) is 15.9 Å². The number of nitrogens with one attached hydrogen (secondary N) is 4. The maximum atomic E-state index is 12.0. The molecule has 0 fully saturated rings. The number of sulfonamides is 1. The number of anilines is 2. The summed E-state index contributed by atoms with van der Waals surface area (Å²) in [5, 5.41) is 7.66. The van der Waals surface area contributed by atoms with Gasteiger partial charge in [0.05, 0.1) is 19.1 Å². The van der Waals surface area contributed by atoms with E-state index in [0.29, 0.717) is 11.4 Å². The molecule has 0 saturated carbocycles. The molecule has 1 rings (SSSR count). The Morgan fingerprint density at radius 3 is 2.32 bits per heavy atom. The highest BCUT2D eigenvalue weighted by molar-refractivity contribution is 7.92. The second-order valence-corrected chi connectivity index (χ2v) is 7.52. The molecule has 0 aliphatic carbocycles. The van der Waals surface area contributed by atoms with Crippen molar-refractivity contribution in [2.45, 2.75) is 32.9 Å². The van der Waals surface area contributed by atoms with Crippen molar-refractivity contribution in [3.8, 4) is 5.75 Å². The van der Waals surface area contributed by atoms with E-state index in [2.05, 4.69) is 20.7 Å². The summed E-state index contributed by atoms with van der Waals surface area (Å²) in [6.45, 7) is 5.13. The number of imide groups is 1. The molecule has 0 aliphatic rings. The van der Waals surface area contributed by atoms with Crippen LogP contribution in [0.25, 0.3) is 0 Å². The Bertz CT molecular complexity index is 733. The molecule has 10 heteroatoms. The first kappa shape index (κ1) is 20.6. The van der Waals surface area contributed by atoms with Crippen LogP contribution in [0.5, 0.6) is 5.75 Å². The summed E-state index contributed by atoms with van der Waals surface area (Å²) in [7, 11) is -2.07. The molecule has 0 heterocycles. The first-order valence-electron chi connectivity index (χ1n) is 7.55. The summed E-state index contributed by atoms with van der Waals surface area (Å²) in [4.78, 5) is 23.6. The number of urea groups is 1. The number of carbonyl (C=O) groups is 2. The highest BCUT2D eigenvalue weighted by atomic mass is 32.2. The molecule has 0 saturated heterocycles. The Morgan fingerprint density at radius 2 is 1.80 bits per heavy atom. The van der Waals surface area contributed by atoms with Gasteiger partial charge in [-0.25, -0.2) is 13.2 Å². The van der Waals surface area contributed by atoms with Gasteiger partial charge in [-0.1, -0.05) is 0 Å². The Morgan fingerprint density at radius 1 is 1.16 bits per heavy atom. The van der Waals surface area contributed by atoms with E-state index in [1.807, 2.05) is 0 Å². The van der Waals surface area contributed by atoms with Crippen LogP contribution in [0.4, 0.5) is 16.2 Å². The van der Waals surface area contributed by atoms with Gasteiger partial charge >= 0.3 is 6.03 Å². The van der Waals surface area contributed by atoms with Crippen molar-refractivity contribution in [2.24, 2.45) is 0 Å². The quantitative estimate of drug-likeness (QED) is 0.568. The third kappa shape index (κ3) is 7.29. The van der Waals surface area contributed by atoms with Crippen molar-refractivity contribution in [3.05, 3.63) is 18.2 Å². The number of ether oxygens (including phenoxy) is 1. The SMILES string of the molecule is COc1ccc(N[C@@H](C)C(=O)NC(=O)NC(C)C)cc1NS(C)(=O)=O. The number of methoxy groups -OCH3 is 1. The molecule has 0 bridgehead atoms. The molecular formula is C15H24N4O5S. The maximum absolute atomic E-state index is 12.0. The van der Waals surface area contributed by atoms with E-state index in [9.17, 15) is 18.0 Å². The molecule has 0 aromatic heterocycles. The normalized spacial score (nSPS) is 12.2.